The average molecular weight is 784 g/mol. The number of nitrogens with zero attached hydrogens (tertiary/aromatic N) is 8. The summed E-state index contributed by atoms with van der Waals surface area (Å²) in [6.07, 6.45) is 0. The number of hydrogen-bond acceptors (Lipinski definition) is 10. The smallest absolute Gasteiger partial charge is 0.537 e. The van der Waals surface area contributed by atoms with Crippen molar-refractivity contribution in [2.24, 2.45) is 0 Å². The van der Waals surface area contributed by atoms with Crippen molar-refractivity contribution in [3.05, 3.63) is 186 Å². The summed E-state index contributed by atoms with van der Waals surface area (Å²) in [5.41, 5.74) is 3.93. The summed E-state index contributed by atoms with van der Waals surface area (Å²) >= 11 is 5.99. The van der Waals surface area contributed by atoms with Gasteiger partial charge >= 0.3 is 7.69 Å². The first kappa shape index (κ1) is 40.0. The Morgan fingerprint density at radius 1 is 0.466 bits per heavy atom. The van der Waals surface area contributed by atoms with E-state index in [-0.39, 0.29) is 22.2 Å². The SMILES string of the molecule is Clc1nc(-c2ccccc2)nc(-c2ccccc2)n1.N#Cc1cc(-c2nc(-c3ccccc3)nc(-c3ccccc3)n2)ccc1F.N#Cc1cc(O[B]O)ccc1F. The van der Waals surface area contributed by atoms with Gasteiger partial charge in [-0.25, -0.2) is 28.7 Å². The van der Waals surface area contributed by atoms with Crippen LogP contribution in [0, 0.1) is 34.3 Å². The number of rotatable bonds is 7. The number of halogens is 3. The van der Waals surface area contributed by atoms with Crippen LogP contribution in [-0.4, -0.2) is 42.6 Å². The lowest BCUT2D eigenvalue weighted by Gasteiger charge is -2.08. The molecule has 8 aromatic rings. The lowest BCUT2D eigenvalue weighted by Crippen LogP contribution is -2.00. The summed E-state index contributed by atoms with van der Waals surface area (Å²) in [5, 5.41) is 25.9. The van der Waals surface area contributed by atoms with Crippen LogP contribution >= 0.6 is 11.6 Å². The molecule has 279 valence electrons. The van der Waals surface area contributed by atoms with Crippen LogP contribution in [0.1, 0.15) is 11.1 Å². The average Bonchev–Trinajstić information content (AvgIpc) is 3.28. The van der Waals surface area contributed by atoms with Crippen LogP contribution in [0.5, 0.6) is 5.75 Å². The van der Waals surface area contributed by atoms with E-state index in [1.165, 1.54) is 24.3 Å². The molecule has 8 rings (SSSR count). The third-order valence-electron chi connectivity index (χ3n) is 7.96. The first-order chi connectivity index (χ1) is 28.3. The van der Waals surface area contributed by atoms with E-state index in [4.69, 9.17) is 27.1 Å². The zero-order valence-electron chi connectivity index (χ0n) is 30.2. The van der Waals surface area contributed by atoms with E-state index in [2.05, 4.69) is 34.6 Å². The van der Waals surface area contributed by atoms with Crippen LogP contribution < -0.4 is 4.65 Å². The number of hydrogen-bond donors (Lipinski definition) is 1. The topological polar surface area (TPSA) is 154 Å². The van der Waals surface area contributed by atoms with Gasteiger partial charge in [-0.05, 0) is 48.0 Å². The molecule has 14 heteroatoms. The molecule has 0 unspecified atom stereocenters. The van der Waals surface area contributed by atoms with E-state index in [9.17, 15) is 8.78 Å². The number of benzene rings is 6. The van der Waals surface area contributed by atoms with E-state index >= 15 is 0 Å². The maximum absolute atomic E-state index is 13.7. The fourth-order valence-corrected chi connectivity index (χ4v) is 5.35. The molecule has 0 saturated carbocycles. The fourth-order valence-electron chi connectivity index (χ4n) is 5.19. The maximum Gasteiger partial charge on any atom is 0.569 e. The minimum Gasteiger partial charge on any atom is -0.537 e. The van der Waals surface area contributed by atoms with E-state index in [0.29, 0.717) is 42.4 Å². The molecule has 0 spiro atoms. The highest BCUT2D eigenvalue weighted by Crippen LogP contribution is 2.26. The zero-order chi connectivity index (χ0) is 40.7. The minimum absolute atomic E-state index is 0.0459. The summed E-state index contributed by atoms with van der Waals surface area (Å²) in [5.74, 6) is 1.63. The second-order valence-electron chi connectivity index (χ2n) is 11.8. The van der Waals surface area contributed by atoms with Crippen LogP contribution in [0.3, 0.4) is 0 Å². The van der Waals surface area contributed by atoms with Crippen molar-refractivity contribution in [1.29, 1.82) is 10.5 Å². The fraction of sp³-hybridized carbons (Fsp3) is 0. The molecule has 0 aliphatic rings. The van der Waals surface area contributed by atoms with Gasteiger partial charge in [0.1, 0.15) is 29.5 Å². The molecule has 10 nitrogen and oxygen atoms in total. The van der Waals surface area contributed by atoms with Gasteiger partial charge in [0.25, 0.3) is 0 Å². The van der Waals surface area contributed by atoms with Gasteiger partial charge in [0.05, 0.1) is 11.1 Å². The Morgan fingerprint density at radius 3 is 1.19 bits per heavy atom. The Kier molecular flexibility index (Phi) is 13.6. The highest BCUT2D eigenvalue weighted by atomic mass is 35.5. The molecule has 0 bridgehead atoms. The molecule has 0 aliphatic carbocycles. The van der Waals surface area contributed by atoms with E-state index < -0.39 is 11.6 Å². The number of nitriles is 2. The second-order valence-corrected chi connectivity index (χ2v) is 12.1. The Bertz CT molecular complexity index is 2590. The van der Waals surface area contributed by atoms with Gasteiger partial charge in [0, 0.05) is 27.8 Å². The Morgan fingerprint density at radius 2 is 0.810 bits per heavy atom. The van der Waals surface area contributed by atoms with Gasteiger partial charge in [-0.2, -0.15) is 20.5 Å². The number of aromatic nitrogens is 6. The molecule has 6 aromatic carbocycles. The van der Waals surface area contributed by atoms with Crippen LogP contribution in [0.2, 0.25) is 5.28 Å². The van der Waals surface area contributed by atoms with Crippen molar-refractivity contribution in [3.8, 4) is 74.8 Å². The maximum atomic E-state index is 13.7. The summed E-state index contributed by atoms with van der Waals surface area (Å²) in [6.45, 7) is 0. The molecule has 1 N–H and O–H groups in total. The minimum atomic E-state index is -0.609. The molecular formula is C44H27BClF2N8O2. The molecule has 0 atom stereocenters. The van der Waals surface area contributed by atoms with Gasteiger partial charge in [0.2, 0.25) is 5.28 Å². The van der Waals surface area contributed by atoms with Crippen molar-refractivity contribution < 1.29 is 18.5 Å². The van der Waals surface area contributed by atoms with Crippen molar-refractivity contribution in [2.75, 3.05) is 0 Å². The zero-order valence-corrected chi connectivity index (χ0v) is 30.9. The quantitative estimate of drug-likeness (QED) is 0.155. The molecule has 1 radical (unpaired) electrons. The summed E-state index contributed by atoms with van der Waals surface area (Å²) < 4.78 is 30.9. The summed E-state index contributed by atoms with van der Waals surface area (Å²) in [7, 11) is 0.467. The molecule has 0 amide bonds. The van der Waals surface area contributed by atoms with Crippen molar-refractivity contribution in [1.82, 2.24) is 29.9 Å². The van der Waals surface area contributed by atoms with Crippen molar-refractivity contribution in [2.45, 2.75) is 0 Å². The molecular weight excluding hydrogens is 757 g/mol. The molecule has 2 heterocycles. The van der Waals surface area contributed by atoms with E-state index in [1.54, 1.807) is 12.1 Å². The third-order valence-corrected chi connectivity index (χ3v) is 8.13. The largest absolute Gasteiger partial charge is 0.569 e. The summed E-state index contributed by atoms with van der Waals surface area (Å²) in [4.78, 5) is 26.5. The van der Waals surface area contributed by atoms with Crippen molar-refractivity contribution >= 4 is 19.3 Å². The first-order valence-electron chi connectivity index (χ1n) is 17.3. The second kappa shape index (κ2) is 19.8. The molecule has 0 saturated heterocycles. The molecule has 0 fully saturated rings. The third kappa shape index (κ3) is 10.5. The van der Waals surface area contributed by atoms with E-state index in [0.717, 1.165) is 28.3 Å². The highest BCUT2D eigenvalue weighted by Gasteiger charge is 2.14. The first-order valence-corrected chi connectivity index (χ1v) is 17.6. The standard InChI is InChI=1S/C22H13FN4.C15H10ClN3.C7H4BFNO2/c23-19-12-11-17(13-18(19)14-24)22-26-20(15-7-3-1-4-8-15)25-21(27-22)16-9-5-2-6-10-16;16-15-18-13(11-7-3-1-4-8-11)17-14(19-15)12-9-5-2-6-10-12;9-7-2-1-6(12-8-11)3-5(7)4-10/h1-13H;1-10H;1-3,11H. The van der Waals surface area contributed by atoms with Crippen LogP contribution in [0.25, 0.3) is 56.9 Å². The van der Waals surface area contributed by atoms with Gasteiger partial charge in [0.15, 0.2) is 29.1 Å². The Hall–Kier alpha value is -7.71. The van der Waals surface area contributed by atoms with Crippen LogP contribution in [0.15, 0.2) is 158 Å². The lowest BCUT2D eigenvalue weighted by molar-refractivity contribution is 0.452. The van der Waals surface area contributed by atoms with Gasteiger partial charge < -0.3 is 9.68 Å². The normalized spacial score (nSPS) is 10.0. The Balaban J connectivity index is 0.000000159. The Labute approximate surface area is 337 Å². The molecule has 0 aliphatic heterocycles. The van der Waals surface area contributed by atoms with Gasteiger partial charge in [-0.1, -0.05) is 121 Å². The van der Waals surface area contributed by atoms with E-state index in [1.807, 2.05) is 127 Å². The monoisotopic (exact) mass is 783 g/mol. The summed E-state index contributed by atoms with van der Waals surface area (Å²) in [6, 6.07) is 49.9. The highest BCUT2D eigenvalue weighted by molar-refractivity contribution is 6.28. The van der Waals surface area contributed by atoms with Gasteiger partial charge in [-0.15, -0.1) is 0 Å². The van der Waals surface area contributed by atoms with Crippen molar-refractivity contribution in [3.63, 3.8) is 0 Å². The molecule has 2 aromatic heterocycles. The van der Waals surface area contributed by atoms with Gasteiger partial charge in [-0.3, -0.25) is 0 Å². The van der Waals surface area contributed by atoms with Crippen LogP contribution in [-0.2, 0) is 0 Å². The predicted octanol–water partition coefficient (Wildman–Crippen LogP) is 9.35. The molecule has 58 heavy (non-hydrogen) atoms. The predicted molar refractivity (Wildman–Crippen MR) is 216 cm³/mol. The lowest BCUT2D eigenvalue weighted by atomic mass is 10.1. The van der Waals surface area contributed by atoms with Crippen LogP contribution in [0.4, 0.5) is 8.78 Å².